The van der Waals surface area contributed by atoms with Crippen LogP contribution >= 0.6 is 23.2 Å². The van der Waals surface area contributed by atoms with Gasteiger partial charge in [0.05, 0.1) is 16.6 Å². The van der Waals surface area contributed by atoms with Gasteiger partial charge in [0, 0.05) is 0 Å². The highest BCUT2D eigenvalue weighted by atomic mass is 35.5. The molecule has 1 atom stereocenters. The first kappa shape index (κ1) is 18.1. The van der Waals surface area contributed by atoms with E-state index in [0.29, 0.717) is 0 Å². The minimum absolute atomic E-state index is 0.265. The maximum atomic E-state index is 12.3. The minimum atomic E-state index is -4.17. The van der Waals surface area contributed by atoms with Gasteiger partial charge in [-0.1, -0.05) is 23.2 Å². The van der Waals surface area contributed by atoms with Crippen LogP contribution in [-0.2, 0) is 10.0 Å². The Bertz CT molecular complexity index is 673. The van der Waals surface area contributed by atoms with E-state index in [2.05, 4.69) is 4.72 Å². The van der Waals surface area contributed by atoms with Crippen LogP contribution in [0.5, 0.6) is 0 Å². The molecule has 0 heterocycles. The molecule has 0 radical (unpaired) electrons. The van der Waals surface area contributed by atoms with Gasteiger partial charge in [0.1, 0.15) is 14.9 Å². The molecule has 0 aliphatic carbocycles. The Hall–Kier alpha value is -0.930. The van der Waals surface area contributed by atoms with Gasteiger partial charge >= 0.3 is 5.69 Å². The number of benzene rings is 1. The summed E-state index contributed by atoms with van der Waals surface area (Å²) in [5, 5.41) is 19.6. The van der Waals surface area contributed by atoms with Crippen LogP contribution in [0.3, 0.4) is 0 Å². The van der Waals surface area contributed by atoms with E-state index in [4.69, 9.17) is 23.2 Å². The number of rotatable bonds is 5. The number of halogens is 2. The van der Waals surface area contributed by atoms with E-state index in [-0.39, 0.29) is 5.02 Å². The number of hydrogen-bond acceptors (Lipinski definition) is 5. The predicted molar refractivity (Wildman–Crippen MR) is 79.2 cm³/mol. The summed E-state index contributed by atoms with van der Waals surface area (Å²) in [7, 11) is -4.17. The molecular weight excluding hydrogens is 343 g/mol. The van der Waals surface area contributed by atoms with Crippen molar-refractivity contribution in [1.82, 2.24) is 4.72 Å². The second-order valence-electron chi connectivity index (χ2n) is 4.97. The first-order chi connectivity index (χ1) is 9.40. The fourth-order valence-electron chi connectivity index (χ4n) is 1.38. The molecule has 7 nitrogen and oxygen atoms in total. The molecule has 0 spiro atoms. The van der Waals surface area contributed by atoms with Crippen molar-refractivity contribution in [3.05, 3.63) is 32.3 Å². The number of sulfonamides is 1. The van der Waals surface area contributed by atoms with E-state index < -0.39 is 42.2 Å². The van der Waals surface area contributed by atoms with Crippen molar-refractivity contribution >= 4 is 38.9 Å². The first-order valence-corrected chi connectivity index (χ1v) is 7.98. The van der Waals surface area contributed by atoms with Crippen molar-refractivity contribution in [2.24, 2.45) is 0 Å². The molecular formula is C11H14Cl2N2O5S. The highest BCUT2D eigenvalue weighted by Gasteiger charge is 2.34. The van der Waals surface area contributed by atoms with Gasteiger partial charge < -0.3 is 5.11 Å². The van der Waals surface area contributed by atoms with Crippen molar-refractivity contribution in [3.8, 4) is 0 Å². The van der Waals surface area contributed by atoms with Gasteiger partial charge in [-0.2, -0.15) is 0 Å². The Labute approximate surface area is 132 Å². The maximum Gasteiger partial charge on any atom is 0.307 e. The molecule has 2 N–H and O–H groups in total. The summed E-state index contributed by atoms with van der Waals surface area (Å²) in [6, 6.07) is 2.15. The molecule has 1 rings (SSSR count). The van der Waals surface area contributed by atoms with Gasteiger partial charge in [-0.05, 0) is 32.9 Å². The molecule has 1 aromatic rings. The standard InChI is InChI=1S/C11H14Cl2N2O5S/c1-6(16)11(2,3)14-21(19,20)8-5-4-7(12)10(9(8)13)15(17)18/h4-6,14,16H,1-3H3. The zero-order valence-electron chi connectivity index (χ0n) is 11.4. The third-order valence-electron chi connectivity index (χ3n) is 2.95. The molecule has 0 bridgehead atoms. The van der Waals surface area contributed by atoms with Gasteiger partial charge in [0.25, 0.3) is 0 Å². The summed E-state index contributed by atoms with van der Waals surface area (Å²) >= 11 is 11.4. The Kier molecular flexibility index (Phi) is 5.22. The Morgan fingerprint density at radius 1 is 1.38 bits per heavy atom. The van der Waals surface area contributed by atoms with E-state index in [1.165, 1.54) is 20.8 Å². The second-order valence-corrected chi connectivity index (χ2v) is 7.40. The Balaban J connectivity index is 3.41. The first-order valence-electron chi connectivity index (χ1n) is 5.74. The molecule has 10 heteroatoms. The summed E-state index contributed by atoms with van der Waals surface area (Å²) in [5.41, 5.74) is -1.87. The fraction of sp³-hybridized carbons (Fsp3) is 0.455. The Morgan fingerprint density at radius 3 is 2.33 bits per heavy atom. The molecule has 0 aromatic heterocycles. The van der Waals surface area contributed by atoms with Crippen molar-refractivity contribution in [1.29, 1.82) is 0 Å². The molecule has 0 saturated heterocycles. The quantitative estimate of drug-likeness (QED) is 0.621. The molecule has 0 aliphatic heterocycles. The average Bonchev–Trinajstić information content (AvgIpc) is 2.25. The molecule has 0 saturated carbocycles. The molecule has 0 fully saturated rings. The van der Waals surface area contributed by atoms with Crippen molar-refractivity contribution in [3.63, 3.8) is 0 Å². The van der Waals surface area contributed by atoms with Gasteiger partial charge in [0.2, 0.25) is 10.0 Å². The number of nitro groups is 1. The van der Waals surface area contributed by atoms with Crippen molar-refractivity contribution in [2.45, 2.75) is 37.3 Å². The van der Waals surface area contributed by atoms with E-state index in [0.717, 1.165) is 12.1 Å². The number of nitro benzene ring substituents is 1. The van der Waals surface area contributed by atoms with Crippen LogP contribution in [0.25, 0.3) is 0 Å². The third-order valence-corrected chi connectivity index (χ3v) is 5.46. The van der Waals surface area contributed by atoms with Crippen LogP contribution in [0.4, 0.5) is 5.69 Å². The largest absolute Gasteiger partial charge is 0.391 e. The van der Waals surface area contributed by atoms with E-state index in [1.54, 1.807) is 0 Å². The monoisotopic (exact) mass is 356 g/mol. The second kappa shape index (κ2) is 6.05. The summed E-state index contributed by atoms with van der Waals surface area (Å²) < 4.78 is 26.8. The molecule has 1 aromatic carbocycles. The van der Waals surface area contributed by atoms with E-state index in [1.807, 2.05) is 0 Å². The van der Waals surface area contributed by atoms with Crippen LogP contribution in [0.1, 0.15) is 20.8 Å². The molecule has 0 aliphatic rings. The highest BCUT2D eigenvalue weighted by Crippen LogP contribution is 2.37. The molecule has 0 amide bonds. The molecule has 118 valence electrons. The van der Waals surface area contributed by atoms with Crippen molar-refractivity contribution in [2.75, 3.05) is 0 Å². The van der Waals surface area contributed by atoms with E-state index >= 15 is 0 Å². The fourth-order valence-corrected chi connectivity index (χ4v) is 3.75. The SMILES string of the molecule is CC(O)C(C)(C)NS(=O)(=O)c1ccc(Cl)c([N+](=O)[O-])c1Cl. The van der Waals surface area contributed by atoms with Crippen LogP contribution in [0.15, 0.2) is 17.0 Å². The number of nitrogens with one attached hydrogen (secondary N) is 1. The summed E-state index contributed by atoms with van der Waals surface area (Å²) in [5.74, 6) is 0. The molecule has 1 unspecified atom stereocenters. The number of aliphatic hydroxyl groups is 1. The lowest BCUT2D eigenvalue weighted by atomic mass is 10.0. The average molecular weight is 357 g/mol. The number of hydrogen-bond donors (Lipinski definition) is 2. The summed E-state index contributed by atoms with van der Waals surface area (Å²) in [6.45, 7) is 4.34. The lowest BCUT2D eigenvalue weighted by Crippen LogP contribution is -2.50. The predicted octanol–water partition coefficient (Wildman–Crippen LogP) is 2.34. The van der Waals surface area contributed by atoms with Crippen LogP contribution < -0.4 is 4.72 Å². The van der Waals surface area contributed by atoms with Gasteiger partial charge in [-0.15, -0.1) is 0 Å². The van der Waals surface area contributed by atoms with Crippen LogP contribution in [0.2, 0.25) is 10.0 Å². The summed E-state index contributed by atoms with van der Waals surface area (Å²) in [4.78, 5) is 9.56. The Morgan fingerprint density at radius 2 is 1.90 bits per heavy atom. The minimum Gasteiger partial charge on any atom is -0.391 e. The van der Waals surface area contributed by atoms with Crippen molar-refractivity contribution < 1.29 is 18.4 Å². The highest BCUT2D eigenvalue weighted by molar-refractivity contribution is 7.89. The molecule has 21 heavy (non-hydrogen) atoms. The van der Waals surface area contributed by atoms with Crippen LogP contribution in [0, 0.1) is 10.1 Å². The maximum absolute atomic E-state index is 12.3. The number of aliphatic hydroxyl groups excluding tert-OH is 1. The topological polar surface area (TPSA) is 110 Å². The van der Waals surface area contributed by atoms with Crippen LogP contribution in [-0.4, -0.2) is 30.1 Å². The lowest BCUT2D eigenvalue weighted by molar-refractivity contribution is -0.384. The normalized spacial score (nSPS) is 14.0. The zero-order chi connectivity index (χ0) is 16.6. The smallest absolute Gasteiger partial charge is 0.307 e. The van der Waals surface area contributed by atoms with Gasteiger partial charge in [-0.3, -0.25) is 10.1 Å². The van der Waals surface area contributed by atoms with Gasteiger partial charge in [-0.25, -0.2) is 13.1 Å². The summed E-state index contributed by atoms with van der Waals surface area (Å²) in [6.07, 6.45) is -0.992. The van der Waals surface area contributed by atoms with E-state index in [9.17, 15) is 23.6 Å². The van der Waals surface area contributed by atoms with Gasteiger partial charge in [0.15, 0.2) is 0 Å². The lowest BCUT2D eigenvalue weighted by Gasteiger charge is -2.29. The number of nitrogens with zero attached hydrogens (tertiary/aromatic N) is 1. The zero-order valence-corrected chi connectivity index (χ0v) is 13.8. The third kappa shape index (κ3) is 3.83.